The number of hydrogen-bond donors (Lipinski definition) is 2. The van der Waals surface area contributed by atoms with Crippen LogP contribution in [-0.4, -0.2) is 35.8 Å². The third-order valence-corrected chi connectivity index (χ3v) is 3.12. The standard InChI is InChI=1S/C14H22N4O2/c1-14(2,3)20-13(19)17-9-11-5-7-18(11)10-4-6-16-12(15)8-10/h4,6,8,11H,5,7,9H2,1-3H3,(H2,15,16)(H,17,19). The van der Waals surface area contributed by atoms with Crippen LogP contribution in [0, 0.1) is 0 Å². The van der Waals surface area contributed by atoms with Crippen molar-refractivity contribution in [2.24, 2.45) is 0 Å². The van der Waals surface area contributed by atoms with Crippen LogP contribution in [0.25, 0.3) is 0 Å². The van der Waals surface area contributed by atoms with Crippen LogP contribution in [0.3, 0.4) is 0 Å². The molecule has 6 nitrogen and oxygen atoms in total. The lowest BCUT2D eigenvalue weighted by atomic mass is 10.0. The quantitative estimate of drug-likeness (QED) is 0.880. The van der Waals surface area contributed by atoms with Crippen molar-refractivity contribution in [1.29, 1.82) is 0 Å². The van der Waals surface area contributed by atoms with Gasteiger partial charge in [0, 0.05) is 37.1 Å². The van der Waals surface area contributed by atoms with Crippen LogP contribution < -0.4 is 16.0 Å². The van der Waals surface area contributed by atoms with Crippen molar-refractivity contribution < 1.29 is 9.53 Å². The number of carbonyl (C=O) groups excluding carboxylic acids is 1. The zero-order chi connectivity index (χ0) is 14.8. The third kappa shape index (κ3) is 3.76. The highest BCUT2D eigenvalue weighted by atomic mass is 16.6. The third-order valence-electron chi connectivity index (χ3n) is 3.12. The summed E-state index contributed by atoms with van der Waals surface area (Å²) in [5, 5.41) is 2.81. The van der Waals surface area contributed by atoms with Crippen molar-refractivity contribution >= 4 is 17.6 Å². The number of pyridine rings is 1. The summed E-state index contributed by atoms with van der Waals surface area (Å²) in [4.78, 5) is 17.8. The molecule has 0 aliphatic carbocycles. The second-order valence-corrected chi connectivity index (χ2v) is 5.96. The van der Waals surface area contributed by atoms with Crippen molar-refractivity contribution in [2.75, 3.05) is 23.7 Å². The number of alkyl carbamates (subject to hydrolysis) is 1. The number of nitrogens with two attached hydrogens (primary N) is 1. The Morgan fingerprint density at radius 1 is 1.60 bits per heavy atom. The van der Waals surface area contributed by atoms with E-state index >= 15 is 0 Å². The molecule has 6 heteroatoms. The van der Waals surface area contributed by atoms with Crippen LogP contribution in [0.4, 0.5) is 16.3 Å². The molecule has 0 saturated carbocycles. The SMILES string of the molecule is CC(C)(C)OC(=O)NCC1CCN1c1ccnc(N)c1. The summed E-state index contributed by atoms with van der Waals surface area (Å²) in [5.74, 6) is 0.508. The van der Waals surface area contributed by atoms with E-state index in [0.717, 1.165) is 18.7 Å². The zero-order valence-electron chi connectivity index (χ0n) is 12.2. The highest BCUT2D eigenvalue weighted by molar-refractivity contribution is 5.68. The number of ether oxygens (including phenoxy) is 1. The molecule has 2 rings (SSSR count). The van der Waals surface area contributed by atoms with Gasteiger partial charge >= 0.3 is 6.09 Å². The molecule has 1 aromatic heterocycles. The van der Waals surface area contributed by atoms with E-state index in [1.54, 1.807) is 6.20 Å². The molecular weight excluding hydrogens is 256 g/mol. The monoisotopic (exact) mass is 278 g/mol. The van der Waals surface area contributed by atoms with Crippen molar-refractivity contribution in [3.63, 3.8) is 0 Å². The fraction of sp³-hybridized carbons (Fsp3) is 0.571. The Balaban J connectivity index is 1.84. The van der Waals surface area contributed by atoms with E-state index in [2.05, 4.69) is 15.2 Å². The number of aromatic nitrogens is 1. The number of anilines is 2. The second kappa shape index (κ2) is 5.56. The first kappa shape index (κ1) is 14.4. The first-order valence-corrected chi connectivity index (χ1v) is 6.80. The van der Waals surface area contributed by atoms with E-state index in [1.165, 1.54) is 0 Å². The predicted octanol–water partition coefficient (Wildman–Crippen LogP) is 1.77. The van der Waals surface area contributed by atoms with Gasteiger partial charge in [-0.25, -0.2) is 9.78 Å². The van der Waals surface area contributed by atoms with Gasteiger partial charge in [-0.1, -0.05) is 0 Å². The lowest BCUT2D eigenvalue weighted by molar-refractivity contribution is 0.0521. The number of nitrogens with zero attached hydrogens (tertiary/aromatic N) is 2. The van der Waals surface area contributed by atoms with Crippen LogP contribution in [-0.2, 0) is 4.74 Å². The minimum Gasteiger partial charge on any atom is -0.444 e. The van der Waals surface area contributed by atoms with Crippen LogP contribution >= 0.6 is 0 Å². The van der Waals surface area contributed by atoms with Crippen LogP contribution in [0.15, 0.2) is 18.3 Å². The second-order valence-electron chi connectivity index (χ2n) is 5.96. The van der Waals surface area contributed by atoms with Crippen molar-refractivity contribution in [1.82, 2.24) is 10.3 Å². The average molecular weight is 278 g/mol. The van der Waals surface area contributed by atoms with Gasteiger partial charge in [-0.15, -0.1) is 0 Å². The molecule has 1 saturated heterocycles. The molecule has 1 aliphatic rings. The normalized spacial score (nSPS) is 18.4. The highest BCUT2D eigenvalue weighted by Gasteiger charge is 2.29. The summed E-state index contributed by atoms with van der Waals surface area (Å²) in [6.45, 7) is 7.08. The summed E-state index contributed by atoms with van der Waals surface area (Å²) >= 11 is 0. The molecule has 20 heavy (non-hydrogen) atoms. The zero-order valence-corrected chi connectivity index (χ0v) is 12.2. The Morgan fingerprint density at radius 3 is 2.90 bits per heavy atom. The maximum Gasteiger partial charge on any atom is 0.407 e. The molecule has 1 aromatic rings. The lowest BCUT2D eigenvalue weighted by Gasteiger charge is -2.43. The van der Waals surface area contributed by atoms with Gasteiger partial charge in [0.1, 0.15) is 11.4 Å². The van der Waals surface area contributed by atoms with E-state index in [9.17, 15) is 4.79 Å². The molecule has 0 bridgehead atoms. The van der Waals surface area contributed by atoms with E-state index < -0.39 is 5.60 Å². The molecule has 2 heterocycles. The van der Waals surface area contributed by atoms with E-state index in [-0.39, 0.29) is 12.1 Å². The van der Waals surface area contributed by atoms with Crippen molar-refractivity contribution in [3.8, 4) is 0 Å². The van der Waals surface area contributed by atoms with Gasteiger partial charge in [-0.2, -0.15) is 0 Å². The summed E-state index contributed by atoms with van der Waals surface area (Å²) in [6.07, 6.45) is 2.36. The van der Waals surface area contributed by atoms with Crippen molar-refractivity contribution in [2.45, 2.75) is 38.8 Å². The first-order valence-electron chi connectivity index (χ1n) is 6.80. The van der Waals surface area contributed by atoms with E-state index in [1.807, 2.05) is 32.9 Å². The molecule has 3 N–H and O–H groups in total. The lowest BCUT2D eigenvalue weighted by Crippen LogP contribution is -2.54. The number of carbonyl (C=O) groups is 1. The number of nitrogen functional groups attached to an aromatic ring is 1. The Hall–Kier alpha value is -1.98. The van der Waals surface area contributed by atoms with Gasteiger partial charge in [-0.3, -0.25) is 0 Å². The van der Waals surface area contributed by atoms with Gasteiger partial charge < -0.3 is 20.7 Å². The molecule has 110 valence electrons. The molecule has 1 amide bonds. The molecule has 1 atom stereocenters. The van der Waals surface area contributed by atoms with Gasteiger partial charge in [-0.05, 0) is 33.3 Å². The molecule has 1 aliphatic heterocycles. The Kier molecular flexibility index (Phi) is 4.01. The maximum atomic E-state index is 11.6. The topological polar surface area (TPSA) is 80.5 Å². The Morgan fingerprint density at radius 2 is 2.35 bits per heavy atom. The fourth-order valence-electron chi connectivity index (χ4n) is 2.12. The molecule has 1 unspecified atom stereocenters. The van der Waals surface area contributed by atoms with Gasteiger partial charge in [0.2, 0.25) is 0 Å². The van der Waals surface area contributed by atoms with Gasteiger partial charge in [0.25, 0.3) is 0 Å². The maximum absolute atomic E-state index is 11.6. The molecule has 1 fully saturated rings. The molecule has 0 spiro atoms. The average Bonchev–Trinajstić information content (AvgIpc) is 2.25. The smallest absolute Gasteiger partial charge is 0.407 e. The first-order chi connectivity index (χ1) is 9.35. The minimum atomic E-state index is -0.469. The van der Waals surface area contributed by atoms with Gasteiger partial charge in [0.15, 0.2) is 0 Å². The van der Waals surface area contributed by atoms with Crippen LogP contribution in [0.1, 0.15) is 27.2 Å². The van der Waals surface area contributed by atoms with Crippen LogP contribution in [0.2, 0.25) is 0 Å². The van der Waals surface area contributed by atoms with Crippen LogP contribution in [0.5, 0.6) is 0 Å². The number of nitrogens with one attached hydrogen (secondary N) is 1. The highest BCUT2D eigenvalue weighted by Crippen LogP contribution is 2.26. The predicted molar refractivity (Wildman–Crippen MR) is 78.6 cm³/mol. The molecular formula is C14H22N4O2. The molecule has 0 radical (unpaired) electrons. The number of rotatable bonds is 3. The fourth-order valence-corrected chi connectivity index (χ4v) is 2.12. The molecule has 0 aromatic carbocycles. The minimum absolute atomic E-state index is 0.282. The Labute approximate surface area is 119 Å². The van der Waals surface area contributed by atoms with E-state index in [0.29, 0.717) is 12.4 Å². The Bertz CT molecular complexity index is 484. The number of amides is 1. The summed E-state index contributed by atoms with van der Waals surface area (Å²) in [6, 6.07) is 4.06. The largest absolute Gasteiger partial charge is 0.444 e. The number of hydrogen-bond acceptors (Lipinski definition) is 5. The summed E-state index contributed by atoms with van der Waals surface area (Å²) in [7, 11) is 0. The summed E-state index contributed by atoms with van der Waals surface area (Å²) in [5.41, 5.74) is 6.26. The van der Waals surface area contributed by atoms with Gasteiger partial charge in [0.05, 0.1) is 0 Å². The van der Waals surface area contributed by atoms with E-state index in [4.69, 9.17) is 10.5 Å². The van der Waals surface area contributed by atoms with Crippen molar-refractivity contribution in [3.05, 3.63) is 18.3 Å². The summed E-state index contributed by atoms with van der Waals surface area (Å²) < 4.78 is 5.22.